The van der Waals surface area contributed by atoms with Gasteiger partial charge in [0.2, 0.25) is 0 Å². The number of aliphatic hydroxyl groups excluding tert-OH is 1. The summed E-state index contributed by atoms with van der Waals surface area (Å²) in [6.45, 7) is 9.47. The summed E-state index contributed by atoms with van der Waals surface area (Å²) in [7, 11) is 0. The van der Waals surface area contributed by atoms with Gasteiger partial charge in [-0.3, -0.25) is 0 Å². The first kappa shape index (κ1) is 18.3. The normalized spacial score (nSPS) is 20.7. The zero-order valence-electron chi connectivity index (χ0n) is 15.0. The lowest BCUT2D eigenvalue weighted by Gasteiger charge is -2.35. The van der Waals surface area contributed by atoms with Gasteiger partial charge >= 0.3 is 0 Å². The maximum absolute atomic E-state index is 10.5. The summed E-state index contributed by atoms with van der Waals surface area (Å²) in [6.07, 6.45) is 5.62. The molecule has 2 rings (SSSR count). The molecule has 1 aromatic rings. The highest BCUT2D eigenvalue weighted by Crippen LogP contribution is 2.24. The molecule has 0 aromatic heterocycles. The van der Waals surface area contributed by atoms with Crippen molar-refractivity contribution in [2.75, 3.05) is 19.7 Å². The molecule has 23 heavy (non-hydrogen) atoms. The number of benzene rings is 1. The van der Waals surface area contributed by atoms with Crippen LogP contribution in [-0.2, 0) is 0 Å². The Balaban J connectivity index is 1.81. The molecule has 1 aliphatic heterocycles. The van der Waals surface area contributed by atoms with E-state index in [4.69, 9.17) is 4.74 Å². The van der Waals surface area contributed by atoms with Gasteiger partial charge in [-0.05, 0) is 55.8 Å². The van der Waals surface area contributed by atoms with E-state index in [1.54, 1.807) is 0 Å². The molecule has 0 bridgehead atoms. The molecular formula is C20H33NO2. The minimum absolute atomic E-state index is 0.381. The van der Waals surface area contributed by atoms with Gasteiger partial charge in [0.25, 0.3) is 0 Å². The van der Waals surface area contributed by atoms with Crippen LogP contribution in [0.1, 0.15) is 64.5 Å². The lowest BCUT2D eigenvalue weighted by molar-refractivity contribution is 0.101. The third-order valence-electron chi connectivity index (χ3n) is 4.76. The first-order chi connectivity index (χ1) is 11.1. The summed E-state index contributed by atoms with van der Waals surface area (Å²) in [4.78, 5) is 2.56. The molecule has 1 saturated heterocycles. The van der Waals surface area contributed by atoms with E-state index in [1.807, 2.05) is 24.3 Å². The van der Waals surface area contributed by atoms with Gasteiger partial charge in [0.15, 0.2) is 0 Å². The predicted octanol–water partition coefficient (Wildman–Crippen LogP) is 4.41. The third kappa shape index (κ3) is 5.82. The van der Waals surface area contributed by atoms with Gasteiger partial charge in [0, 0.05) is 12.6 Å². The first-order valence-electron chi connectivity index (χ1n) is 9.25. The van der Waals surface area contributed by atoms with Crippen molar-refractivity contribution in [1.29, 1.82) is 0 Å². The van der Waals surface area contributed by atoms with Crippen molar-refractivity contribution in [3.63, 3.8) is 0 Å². The van der Waals surface area contributed by atoms with E-state index in [1.165, 1.54) is 32.2 Å². The Morgan fingerprint density at radius 1 is 1.22 bits per heavy atom. The van der Waals surface area contributed by atoms with Crippen molar-refractivity contribution in [3.05, 3.63) is 29.8 Å². The van der Waals surface area contributed by atoms with E-state index in [0.717, 1.165) is 30.9 Å². The first-order valence-corrected chi connectivity index (χ1v) is 9.25. The van der Waals surface area contributed by atoms with Gasteiger partial charge in [0.1, 0.15) is 5.75 Å². The number of nitrogens with zero attached hydrogens (tertiary/aromatic N) is 1. The molecule has 0 aliphatic carbocycles. The van der Waals surface area contributed by atoms with Gasteiger partial charge in [0.05, 0.1) is 12.7 Å². The maximum atomic E-state index is 10.5. The summed E-state index contributed by atoms with van der Waals surface area (Å²) in [6, 6.07) is 8.64. The van der Waals surface area contributed by atoms with E-state index < -0.39 is 0 Å². The number of hydrogen-bond acceptors (Lipinski definition) is 3. The van der Waals surface area contributed by atoms with Crippen molar-refractivity contribution in [3.8, 4) is 5.75 Å². The highest BCUT2D eigenvalue weighted by molar-refractivity contribution is 5.28. The quantitative estimate of drug-likeness (QED) is 0.770. The van der Waals surface area contributed by atoms with Crippen molar-refractivity contribution >= 4 is 0 Å². The SMILES string of the molecule is CCC1CCCCN1CCC(O)c1ccc(OCC(C)C)cc1. The van der Waals surface area contributed by atoms with Crippen molar-refractivity contribution in [2.24, 2.45) is 5.92 Å². The average molecular weight is 319 g/mol. The molecule has 1 fully saturated rings. The van der Waals surface area contributed by atoms with E-state index >= 15 is 0 Å². The van der Waals surface area contributed by atoms with E-state index in [-0.39, 0.29) is 6.10 Å². The summed E-state index contributed by atoms with van der Waals surface area (Å²) < 4.78 is 5.70. The fraction of sp³-hybridized carbons (Fsp3) is 0.700. The number of ether oxygens (including phenoxy) is 1. The van der Waals surface area contributed by atoms with Crippen LogP contribution in [0.25, 0.3) is 0 Å². The number of rotatable bonds is 8. The molecule has 0 spiro atoms. The molecule has 0 radical (unpaired) electrons. The van der Waals surface area contributed by atoms with Gasteiger partial charge < -0.3 is 14.7 Å². The molecular weight excluding hydrogens is 286 g/mol. The van der Waals surface area contributed by atoms with Crippen LogP contribution in [0.15, 0.2) is 24.3 Å². The van der Waals surface area contributed by atoms with Crippen LogP contribution in [0.2, 0.25) is 0 Å². The third-order valence-corrected chi connectivity index (χ3v) is 4.76. The summed E-state index contributed by atoms with van der Waals surface area (Å²) >= 11 is 0. The monoisotopic (exact) mass is 319 g/mol. The molecule has 1 aromatic carbocycles. The molecule has 1 heterocycles. The fourth-order valence-corrected chi connectivity index (χ4v) is 3.32. The molecule has 3 heteroatoms. The van der Waals surface area contributed by atoms with E-state index in [9.17, 15) is 5.11 Å². The van der Waals surface area contributed by atoms with Gasteiger partial charge in [-0.25, -0.2) is 0 Å². The summed E-state index contributed by atoms with van der Waals surface area (Å²) in [5.41, 5.74) is 0.993. The molecule has 2 atom stereocenters. The summed E-state index contributed by atoms with van der Waals surface area (Å²) in [5.74, 6) is 1.41. The number of likely N-dealkylation sites (tertiary alicyclic amines) is 1. The second-order valence-corrected chi connectivity index (χ2v) is 7.17. The van der Waals surface area contributed by atoms with Crippen LogP contribution in [-0.4, -0.2) is 35.7 Å². The standard InChI is InChI=1S/C20H33NO2/c1-4-18-7-5-6-13-21(18)14-12-20(22)17-8-10-19(11-9-17)23-15-16(2)3/h8-11,16,18,20,22H,4-7,12-15H2,1-3H3. The van der Waals surface area contributed by atoms with Gasteiger partial charge in [-0.2, -0.15) is 0 Å². The Kier molecular flexibility index (Phi) is 7.38. The molecule has 2 unspecified atom stereocenters. The Bertz CT molecular complexity index is 443. The average Bonchev–Trinajstić information content (AvgIpc) is 2.58. The molecule has 1 N–H and O–H groups in total. The highest BCUT2D eigenvalue weighted by atomic mass is 16.5. The second kappa shape index (κ2) is 9.29. The smallest absolute Gasteiger partial charge is 0.119 e. The second-order valence-electron chi connectivity index (χ2n) is 7.17. The van der Waals surface area contributed by atoms with Crippen LogP contribution in [0, 0.1) is 5.92 Å². The molecule has 3 nitrogen and oxygen atoms in total. The Morgan fingerprint density at radius 3 is 2.61 bits per heavy atom. The number of piperidine rings is 1. The lowest BCUT2D eigenvalue weighted by Crippen LogP contribution is -2.40. The highest BCUT2D eigenvalue weighted by Gasteiger charge is 2.21. The molecule has 0 amide bonds. The molecule has 1 aliphatic rings. The Labute approximate surface area is 141 Å². The minimum atomic E-state index is -0.381. The van der Waals surface area contributed by atoms with E-state index in [2.05, 4.69) is 25.7 Å². The fourth-order valence-electron chi connectivity index (χ4n) is 3.32. The Hall–Kier alpha value is -1.06. The van der Waals surface area contributed by atoms with Crippen molar-refractivity contribution in [2.45, 2.75) is 65.0 Å². The molecule has 130 valence electrons. The van der Waals surface area contributed by atoms with Crippen LogP contribution < -0.4 is 4.74 Å². The zero-order chi connectivity index (χ0) is 16.7. The Morgan fingerprint density at radius 2 is 1.96 bits per heavy atom. The predicted molar refractivity (Wildman–Crippen MR) is 95.9 cm³/mol. The topological polar surface area (TPSA) is 32.7 Å². The van der Waals surface area contributed by atoms with Crippen LogP contribution in [0.4, 0.5) is 0 Å². The van der Waals surface area contributed by atoms with Crippen LogP contribution in [0.5, 0.6) is 5.75 Å². The lowest BCUT2D eigenvalue weighted by atomic mass is 9.98. The number of hydrogen-bond donors (Lipinski definition) is 1. The largest absolute Gasteiger partial charge is 0.493 e. The number of aliphatic hydroxyl groups is 1. The zero-order valence-corrected chi connectivity index (χ0v) is 15.0. The van der Waals surface area contributed by atoms with Gasteiger partial charge in [-0.15, -0.1) is 0 Å². The van der Waals surface area contributed by atoms with Gasteiger partial charge in [-0.1, -0.05) is 39.3 Å². The van der Waals surface area contributed by atoms with Crippen LogP contribution in [0.3, 0.4) is 0 Å². The van der Waals surface area contributed by atoms with E-state index in [0.29, 0.717) is 12.0 Å². The maximum Gasteiger partial charge on any atom is 0.119 e. The van der Waals surface area contributed by atoms with Crippen LogP contribution >= 0.6 is 0 Å². The summed E-state index contributed by atoms with van der Waals surface area (Å²) in [5, 5.41) is 10.5. The van der Waals surface area contributed by atoms with Crippen molar-refractivity contribution in [1.82, 2.24) is 4.90 Å². The minimum Gasteiger partial charge on any atom is -0.493 e. The van der Waals surface area contributed by atoms with Crippen molar-refractivity contribution < 1.29 is 9.84 Å². The molecule has 0 saturated carbocycles.